The van der Waals surface area contributed by atoms with E-state index in [1.807, 2.05) is 6.92 Å². The summed E-state index contributed by atoms with van der Waals surface area (Å²) in [6.07, 6.45) is 3.94. The summed E-state index contributed by atoms with van der Waals surface area (Å²) in [5, 5.41) is -0.186. The molecule has 1 atom stereocenters. The Balaban J connectivity index is 2.48. The van der Waals surface area contributed by atoms with Crippen molar-refractivity contribution in [2.24, 2.45) is 4.99 Å². The van der Waals surface area contributed by atoms with Gasteiger partial charge in [0.15, 0.2) is 0 Å². The van der Waals surface area contributed by atoms with Crippen molar-refractivity contribution < 1.29 is 4.79 Å². The number of aliphatic imine (C=N–C) groups is 1. The summed E-state index contributed by atoms with van der Waals surface area (Å²) >= 11 is 6.52. The number of thiocarbonyl (C=S) groups is 1. The number of thioether (sulfide) groups is 1. The molecule has 0 aromatic carbocycles. The number of rotatable bonds is 5. The van der Waals surface area contributed by atoms with Crippen molar-refractivity contribution in [2.75, 3.05) is 13.1 Å². The molecule has 0 N–H and O–H groups in total. The summed E-state index contributed by atoms with van der Waals surface area (Å²) in [6, 6.07) is 0. The molecule has 0 aliphatic carbocycles. The van der Waals surface area contributed by atoms with Gasteiger partial charge < -0.3 is 0 Å². The summed E-state index contributed by atoms with van der Waals surface area (Å²) < 4.78 is 0.675. The van der Waals surface area contributed by atoms with E-state index >= 15 is 0 Å². The van der Waals surface area contributed by atoms with Gasteiger partial charge in [0.05, 0.1) is 0 Å². The lowest BCUT2D eigenvalue weighted by Gasteiger charge is -2.10. The van der Waals surface area contributed by atoms with Crippen LogP contribution in [0.4, 0.5) is 0 Å². The number of amides is 1. The lowest BCUT2D eigenvalue weighted by Crippen LogP contribution is -2.31. The summed E-state index contributed by atoms with van der Waals surface area (Å²) in [4.78, 5) is 17.6. The molecule has 1 aliphatic heterocycles. The van der Waals surface area contributed by atoms with E-state index in [4.69, 9.17) is 12.2 Å². The highest BCUT2D eigenvalue weighted by molar-refractivity contribution is 8.24. The number of hydrogen-bond donors (Lipinski definition) is 0. The van der Waals surface area contributed by atoms with E-state index in [9.17, 15) is 4.79 Å². The Morgan fingerprint density at radius 2 is 2.33 bits per heavy atom. The standard InChI is InChI=1S/C10H16N2OS2/c1-3-5-6-11-7-8-9(13)12(4-2)10(14)15-8/h7-8H,3-6H2,1-2H3. The molecule has 1 aliphatic rings. The topological polar surface area (TPSA) is 32.7 Å². The van der Waals surface area contributed by atoms with Crippen LogP contribution in [0.15, 0.2) is 4.99 Å². The largest absolute Gasteiger partial charge is 0.297 e. The van der Waals surface area contributed by atoms with Crippen LogP contribution in [-0.2, 0) is 4.79 Å². The van der Waals surface area contributed by atoms with Gasteiger partial charge in [-0.1, -0.05) is 37.3 Å². The number of unbranched alkanes of at least 4 members (excludes halogenated alkanes) is 1. The highest BCUT2D eigenvalue weighted by atomic mass is 32.2. The Kier molecular flexibility index (Phi) is 5.25. The zero-order chi connectivity index (χ0) is 11.3. The van der Waals surface area contributed by atoms with Gasteiger partial charge in [0.25, 0.3) is 0 Å². The third-order valence-corrected chi connectivity index (χ3v) is 3.66. The first-order chi connectivity index (χ1) is 7.20. The zero-order valence-corrected chi connectivity index (χ0v) is 10.7. The maximum atomic E-state index is 11.7. The van der Waals surface area contributed by atoms with Gasteiger partial charge in [-0.2, -0.15) is 0 Å². The minimum absolute atomic E-state index is 0.0766. The monoisotopic (exact) mass is 244 g/mol. The quantitative estimate of drug-likeness (QED) is 0.422. The van der Waals surface area contributed by atoms with Crippen molar-refractivity contribution in [1.29, 1.82) is 0 Å². The number of nitrogens with zero attached hydrogens (tertiary/aromatic N) is 2. The first-order valence-corrected chi connectivity index (χ1v) is 6.51. The Bertz CT molecular complexity index is 279. The number of hydrogen-bond acceptors (Lipinski definition) is 4. The van der Waals surface area contributed by atoms with Crippen molar-refractivity contribution >= 4 is 40.4 Å². The van der Waals surface area contributed by atoms with Crippen LogP contribution in [0.25, 0.3) is 0 Å². The lowest BCUT2D eigenvalue weighted by atomic mass is 10.3. The summed E-state index contributed by atoms with van der Waals surface area (Å²) in [7, 11) is 0. The fourth-order valence-electron chi connectivity index (χ4n) is 1.27. The second-order valence-electron chi connectivity index (χ2n) is 3.30. The molecule has 5 heteroatoms. The van der Waals surface area contributed by atoms with Crippen LogP contribution in [0.1, 0.15) is 26.7 Å². The molecule has 1 fully saturated rings. The molecule has 0 aromatic heterocycles. The van der Waals surface area contributed by atoms with Crippen LogP contribution >= 0.6 is 24.0 Å². The van der Waals surface area contributed by atoms with E-state index in [1.54, 1.807) is 11.1 Å². The second-order valence-corrected chi connectivity index (χ2v) is 5.07. The van der Waals surface area contributed by atoms with Gasteiger partial charge in [0, 0.05) is 19.3 Å². The zero-order valence-electron chi connectivity index (χ0n) is 9.10. The van der Waals surface area contributed by atoms with Crippen LogP contribution in [0.3, 0.4) is 0 Å². The smallest absolute Gasteiger partial charge is 0.247 e. The highest BCUT2D eigenvalue weighted by Crippen LogP contribution is 2.25. The van der Waals surface area contributed by atoms with Crippen molar-refractivity contribution in [2.45, 2.75) is 31.9 Å². The number of carbonyl (C=O) groups is 1. The van der Waals surface area contributed by atoms with Crippen molar-refractivity contribution in [1.82, 2.24) is 4.90 Å². The van der Waals surface area contributed by atoms with E-state index in [0.29, 0.717) is 10.9 Å². The lowest BCUT2D eigenvalue weighted by molar-refractivity contribution is -0.124. The van der Waals surface area contributed by atoms with Gasteiger partial charge in [-0.05, 0) is 13.3 Å². The Hall–Kier alpha value is -0.420. The molecule has 84 valence electrons. The molecule has 1 rings (SSSR count). The van der Waals surface area contributed by atoms with Crippen molar-refractivity contribution in [3.63, 3.8) is 0 Å². The van der Waals surface area contributed by atoms with E-state index in [1.165, 1.54) is 11.8 Å². The molecular weight excluding hydrogens is 228 g/mol. The van der Waals surface area contributed by atoms with E-state index in [0.717, 1.165) is 19.4 Å². The van der Waals surface area contributed by atoms with E-state index in [-0.39, 0.29) is 11.2 Å². The van der Waals surface area contributed by atoms with Crippen molar-refractivity contribution in [3.05, 3.63) is 0 Å². The van der Waals surface area contributed by atoms with Crippen LogP contribution in [0, 0.1) is 0 Å². The summed E-state index contributed by atoms with van der Waals surface area (Å²) in [6.45, 7) is 5.52. The molecular formula is C10H16N2OS2. The SMILES string of the molecule is CCCCN=CC1SC(=S)N(CC)C1=O. The van der Waals surface area contributed by atoms with Gasteiger partial charge in [-0.3, -0.25) is 14.7 Å². The van der Waals surface area contributed by atoms with Gasteiger partial charge in [0.1, 0.15) is 9.57 Å². The third-order valence-electron chi connectivity index (χ3n) is 2.16. The average molecular weight is 244 g/mol. The van der Waals surface area contributed by atoms with E-state index < -0.39 is 0 Å². The highest BCUT2D eigenvalue weighted by Gasteiger charge is 2.34. The summed E-state index contributed by atoms with van der Waals surface area (Å²) in [5.41, 5.74) is 0. The second kappa shape index (κ2) is 6.23. The Labute approximate surface area is 100 Å². The fourth-order valence-corrected chi connectivity index (χ4v) is 2.73. The molecule has 0 bridgehead atoms. The maximum Gasteiger partial charge on any atom is 0.247 e. The summed E-state index contributed by atoms with van der Waals surface area (Å²) in [5.74, 6) is 0.0766. The van der Waals surface area contributed by atoms with Gasteiger partial charge in [-0.25, -0.2) is 0 Å². The third kappa shape index (κ3) is 3.28. The molecule has 15 heavy (non-hydrogen) atoms. The molecule has 1 heterocycles. The Morgan fingerprint density at radius 1 is 1.60 bits per heavy atom. The molecule has 1 amide bonds. The predicted molar refractivity (Wildman–Crippen MR) is 69.6 cm³/mol. The fraction of sp³-hybridized carbons (Fsp3) is 0.700. The molecule has 0 aromatic rings. The molecule has 0 saturated carbocycles. The first-order valence-electron chi connectivity index (χ1n) is 5.22. The van der Waals surface area contributed by atoms with E-state index in [2.05, 4.69) is 11.9 Å². The first kappa shape index (κ1) is 12.6. The Morgan fingerprint density at radius 3 is 2.87 bits per heavy atom. The maximum absolute atomic E-state index is 11.7. The van der Waals surface area contributed by atoms with Crippen molar-refractivity contribution in [3.8, 4) is 0 Å². The van der Waals surface area contributed by atoms with Crippen LogP contribution in [-0.4, -0.2) is 39.7 Å². The molecule has 3 nitrogen and oxygen atoms in total. The molecule has 1 unspecified atom stereocenters. The van der Waals surface area contributed by atoms with Crippen LogP contribution in [0.2, 0.25) is 0 Å². The minimum Gasteiger partial charge on any atom is -0.297 e. The molecule has 0 radical (unpaired) electrons. The van der Waals surface area contributed by atoms with Crippen LogP contribution in [0.5, 0.6) is 0 Å². The minimum atomic E-state index is -0.186. The molecule has 1 saturated heterocycles. The van der Waals surface area contributed by atoms with Gasteiger partial charge >= 0.3 is 0 Å². The predicted octanol–water partition coefficient (Wildman–Crippen LogP) is 2.11. The average Bonchev–Trinajstić information content (AvgIpc) is 2.49. The van der Waals surface area contributed by atoms with Gasteiger partial charge in [0.2, 0.25) is 5.91 Å². The van der Waals surface area contributed by atoms with Gasteiger partial charge in [-0.15, -0.1) is 0 Å². The number of carbonyl (C=O) groups excluding carboxylic acids is 1. The van der Waals surface area contributed by atoms with Crippen LogP contribution < -0.4 is 0 Å². The normalized spacial score (nSPS) is 22.0. The molecule has 0 spiro atoms.